The highest BCUT2D eigenvalue weighted by Crippen LogP contribution is 2.29. The van der Waals surface area contributed by atoms with Crippen LogP contribution in [0.5, 0.6) is 0 Å². The fourth-order valence-corrected chi connectivity index (χ4v) is 2.94. The molecule has 2 fully saturated rings. The summed E-state index contributed by atoms with van der Waals surface area (Å²) in [6.07, 6.45) is 2.62. The normalized spacial score (nSPS) is 21.7. The van der Waals surface area contributed by atoms with Gasteiger partial charge in [-0.1, -0.05) is 12.1 Å². The number of benzene rings is 1. The number of carbonyl (C=O) groups excluding carboxylic acids is 1. The summed E-state index contributed by atoms with van der Waals surface area (Å²) in [4.78, 5) is 13.6. The topological polar surface area (TPSA) is 67.6 Å². The Labute approximate surface area is 119 Å². The summed E-state index contributed by atoms with van der Waals surface area (Å²) in [7, 11) is 0. The third kappa shape index (κ3) is 2.88. The van der Waals surface area contributed by atoms with Crippen molar-refractivity contribution in [1.82, 2.24) is 10.2 Å². The molecule has 1 amide bonds. The van der Waals surface area contributed by atoms with E-state index in [2.05, 4.69) is 22.3 Å². The smallest absolute Gasteiger partial charge is 0.407 e. The number of carbonyl (C=O) groups is 1. The molecule has 0 unspecified atom stereocenters. The number of rotatable bonds is 3. The van der Waals surface area contributed by atoms with E-state index in [1.54, 1.807) is 0 Å². The van der Waals surface area contributed by atoms with Gasteiger partial charge >= 0.3 is 6.09 Å². The third-order valence-corrected chi connectivity index (χ3v) is 4.33. The lowest BCUT2D eigenvalue weighted by molar-refractivity contribution is 0.00123. The summed E-state index contributed by atoms with van der Waals surface area (Å²) >= 11 is 0. The number of anilines is 1. The predicted molar refractivity (Wildman–Crippen MR) is 77.4 cm³/mol. The van der Waals surface area contributed by atoms with Crippen LogP contribution in [0, 0.1) is 0 Å². The first-order valence-electron chi connectivity index (χ1n) is 7.19. The summed E-state index contributed by atoms with van der Waals surface area (Å²) in [6, 6.07) is 8.07. The maximum absolute atomic E-state index is 11.2. The lowest BCUT2D eigenvalue weighted by Gasteiger charge is -2.37. The first-order valence-corrected chi connectivity index (χ1v) is 7.19. The average Bonchev–Trinajstić information content (AvgIpc) is 2.81. The minimum atomic E-state index is -0.264. The fraction of sp³-hybridized carbons (Fsp3) is 0.533. The van der Waals surface area contributed by atoms with E-state index in [4.69, 9.17) is 10.5 Å². The number of piperidine rings is 1. The van der Waals surface area contributed by atoms with Crippen LogP contribution < -0.4 is 11.1 Å². The van der Waals surface area contributed by atoms with Crippen molar-refractivity contribution in [3.8, 4) is 0 Å². The molecular formula is C15H21N3O2. The summed E-state index contributed by atoms with van der Waals surface area (Å²) in [5.41, 5.74) is 7.57. The Morgan fingerprint density at radius 3 is 2.55 bits per heavy atom. The van der Waals surface area contributed by atoms with Crippen molar-refractivity contribution in [2.75, 3.05) is 31.9 Å². The second-order valence-corrected chi connectivity index (χ2v) is 5.76. The van der Waals surface area contributed by atoms with Gasteiger partial charge in [0.25, 0.3) is 0 Å². The molecule has 2 aliphatic rings. The quantitative estimate of drug-likeness (QED) is 0.818. The average molecular weight is 275 g/mol. The van der Waals surface area contributed by atoms with Gasteiger partial charge < -0.3 is 20.7 Å². The Morgan fingerprint density at radius 2 is 1.95 bits per heavy atom. The summed E-state index contributed by atoms with van der Waals surface area (Å²) in [5, 5.41) is 2.77. The molecule has 2 aliphatic heterocycles. The molecule has 0 radical (unpaired) electrons. The van der Waals surface area contributed by atoms with E-state index in [0.29, 0.717) is 6.54 Å². The Balaban J connectivity index is 1.47. The molecule has 2 heterocycles. The molecule has 3 N–H and O–H groups in total. The van der Waals surface area contributed by atoms with Crippen LogP contribution in [-0.4, -0.2) is 42.8 Å². The van der Waals surface area contributed by atoms with Gasteiger partial charge in [0.2, 0.25) is 0 Å². The van der Waals surface area contributed by atoms with Crippen LogP contribution in [0.3, 0.4) is 0 Å². The minimum Gasteiger partial charge on any atom is -0.441 e. The number of nitrogens with zero attached hydrogens (tertiary/aromatic N) is 1. The first-order chi connectivity index (χ1) is 9.65. The molecule has 108 valence electrons. The molecule has 5 nitrogen and oxygen atoms in total. The molecule has 0 aliphatic carbocycles. The molecule has 3 rings (SSSR count). The van der Waals surface area contributed by atoms with E-state index >= 15 is 0 Å². The number of hydrogen-bond donors (Lipinski definition) is 2. The first kappa shape index (κ1) is 13.2. The zero-order valence-corrected chi connectivity index (χ0v) is 11.6. The largest absolute Gasteiger partial charge is 0.441 e. The van der Waals surface area contributed by atoms with Crippen LogP contribution in [0.15, 0.2) is 24.3 Å². The molecule has 5 heteroatoms. The number of alkyl carbamates (subject to hydrolysis) is 1. The van der Waals surface area contributed by atoms with Crippen LogP contribution in [-0.2, 0) is 11.2 Å². The van der Waals surface area contributed by atoms with Crippen molar-refractivity contribution in [2.24, 2.45) is 0 Å². The Hall–Kier alpha value is -1.75. The summed E-state index contributed by atoms with van der Waals surface area (Å²) in [5.74, 6) is 0. The van der Waals surface area contributed by atoms with Gasteiger partial charge in [-0.05, 0) is 24.1 Å². The van der Waals surface area contributed by atoms with Crippen molar-refractivity contribution in [3.05, 3.63) is 29.8 Å². The third-order valence-electron chi connectivity index (χ3n) is 4.33. The number of nitrogens with two attached hydrogens (primary N) is 1. The second-order valence-electron chi connectivity index (χ2n) is 5.76. The highest BCUT2D eigenvalue weighted by Gasteiger charge is 2.42. The van der Waals surface area contributed by atoms with Gasteiger partial charge in [-0.15, -0.1) is 0 Å². The van der Waals surface area contributed by atoms with Gasteiger partial charge in [0.15, 0.2) is 0 Å². The van der Waals surface area contributed by atoms with E-state index in [1.165, 1.54) is 5.56 Å². The maximum Gasteiger partial charge on any atom is 0.407 e. The predicted octanol–water partition coefficient (Wildman–Crippen LogP) is 1.39. The summed E-state index contributed by atoms with van der Waals surface area (Å²) in [6.45, 7) is 3.69. The molecule has 1 spiro atoms. The molecule has 1 aromatic carbocycles. The van der Waals surface area contributed by atoms with Crippen molar-refractivity contribution < 1.29 is 9.53 Å². The van der Waals surface area contributed by atoms with Crippen molar-refractivity contribution in [1.29, 1.82) is 0 Å². The standard InChI is InChI=1S/C15H21N3O2/c16-13-3-1-12(2-4-13)5-8-18-9-6-15(7-10-18)11-17-14(19)20-15/h1-4H,5-11,16H2,(H,17,19). The minimum absolute atomic E-state index is 0.241. The summed E-state index contributed by atoms with van der Waals surface area (Å²) < 4.78 is 5.42. The van der Waals surface area contributed by atoms with E-state index in [-0.39, 0.29) is 11.7 Å². The Morgan fingerprint density at radius 1 is 1.25 bits per heavy atom. The molecule has 0 bridgehead atoms. The van der Waals surface area contributed by atoms with Crippen LogP contribution in [0.2, 0.25) is 0 Å². The van der Waals surface area contributed by atoms with Crippen molar-refractivity contribution in [3.63, 3.8) is 0 Å². The number of nitrogens with one attached hydrogen (secondary N) is 1. The lowest BCUT2D eigenvalue weighted by atomic mass is 9.91. The van der Waals surface area contributed by atoms with E-state index in [1.807, 2.05) is 12.1 Å². The molecule has 0 aromatic heterocycles. The van der Waals surface area contributed by atoms with E-state index < -0.39 is 0 Å². The molecule has 20 heavy (non-hydrogen) atoms. The van der Waals surface area contributed by atoms with Crippen LogP contribution in [0.1, 0.15) is 18.4 Å². The number of hydrogen-bond acceptors (Lipinski definition) is 4. The maximum atomic E-state index is 11.2. The molecule has 2 saturated heterocycles. The van der Waals surface area contributed by atoms with Gasteiger partial charge in [0, 0.05) is 38.2 Å². The Bertz CT molecular complexity index is 478. The van der Waals surface area contributed by atoms with Gasteiger partial charge in [-0.2, -0.15) is 0 Å². The SMILES string of the molecule is Nc1ccc(CCN2CCC3(CC2)CNC(=O)O3)cc1. The molecular weight excluding hydrogens is 254 g/mol. The number of ether oxygens (including phenoxy) is 1. The molecule has 1 aromatic rings. The second kappa shape index (κ2) is 5.32. The number of nitrogen functional groups attached to an aromatic ring is 1. The molecule has 0 atom stereocenters. The van der Waals surface area contributed by atoms with Crippen LogP contribution >= 0.6 is 0 Å². The fourth-order valence-electron chi connectivity index (χ4n) is 2.94. The highest BCUT2D eigenvalue weighted by molar-refractivity contribution is 5.70. The number of amides is 1. The van der Waals surface area contributed by atoms with Gasteiger partial charge in [-0.3, -0.25) is 0 Å². The van der Waals surface area contributed by atoms with Gasteiger partial charge in [-0.25, -0.2) is 4.79 Å². The monoisotopic (exact) mass is 275 g/mol. The van der Waals surface area contributed by atoms with E-state index in [9.17, 15) is 4.79 Å². The van der Waals surface area contributed by atoms with E-state index in [0.717, 1.165) is 44.6 Å². The van der Waals surface area contributed by atoms with Gasteiger partial charge in [0.1, 0.15) is 5.60 Å². The zero-order valence-electron chi connectivity index (χ0n) is 11.6. The van der Waals surface area contributed by atoms with Crippen LogP contribution in [0.4, 0.5) is 10.5 Å². The zero-order chi connectivity index (χ0) is 14.0. The molecule has 0 saturated carbocycles. The Kier molecular flexibility index (Phi) is 3.53. The van der Waals surface area contributed by atoms with Crippen molar-refractivity contribution >= 4 is 11.8 Å². The van der Waals surface area contributed by atoms with Gasteiger partial charge in [0.05, 0.1) is 6.54 Å². The highest BCUT2D eigenvalue weighted by atomic mass is 16.6. The van der Waals surface area contributed by atoms with Crippen LogP contribution in [0.25, 0.3) is 0 Å². The number of likely N-dealkylation sites (tertiary alicyclic amines) is 1. The van der Waals surface area contributed by atoms with Crippen molar-refractivity contribution in [2.45, 2.75) is 24.9 Å². The lowest BCUT2D eigenvalue weighted by Crippen LogP contribution is -2.47.